The first kappa shape index (κ1) is 10.4. The molecule has 0 aliphatic heterocycles. The summed E-state index contributed by atoms with van der Waals surface area (Å²) in [6, 6.07) is 0. The first-order chi connectivity index (χ1) is 5.98. The number of hydrogen-bond acceptors (Lipinski definition) is 3. The number of ketones is 2. The minimum atomic E-state index is -0.541. The fraction of sp³-hybridized carbons (Fsp3) is 0.800. The summed E-state index contributed by atoms with van der Waals surface area (Å²) in [6.45, 7) is 3.21. The van der Waals surface area contributed by atoms with Crippen molar-refractivity contribution in [1.82, 2.24) is 0 Å². The number of rotatable bonds is 3. The average Bonchev–Trinajstić information content (AvgIpc) is 2.50. The zero-order chi connectivity index (χ0) is 10.1. The van der Waals surface area contributed by atoms with Gasteiger partial charge >= 0.3 is 0 Å². The molecule has 1 aliphatic rings. The summed E-state index contributed by atoms with van der Waals surface area (Å²) in [5.41, 5.74) is -0.541. The maximum Gasteiger partial charge on any atom is 0.164 e. The Morgan fingerprint density at radius 2 is 2.23 bits per heavy atom. The van der Waals surface area contributed by atoms with Gasteiger partial charge in [0.15, 0.2) is 5.78 Å². The minimum absolute atomic E-state index is 0.125. The smallest absolute Gasteiger partial charge is 0.164 e. The van der Waals surface area contributed by atoms with Crippen molar-refractivity contribution < 1.29 is 14.7 Å². The van der Waals surface area contributed by atoms with Crippen molar-refractivity contribution in [3.63, 3.8) is 0 Å². The highest BCUT2D eigenvalue weighted by Gasteiger charge is 2.39. The van der Waals surface area contributed by atoms with Crippen LogP contribution in [0.3, 0.4) is 0 Å². The second-order valence-electron chi connectivity index (χ2n) is 4.28. The van der Waals surface area contributed by atoms with Crippen LogP contribution in [0.5, 0.6) is 0 Å². The number of carbonyl (C=O) groups is 2. The molecule has 0 saturated heterocycles. The predicted molar refractivity (Wildman–Crippen MR) is 48.2 cm³/mol. The van der Waals surface area contributed by atoms with E-state index >= 15 is 0 Å². The van der Waals surface area contributed by atoms with Crippen molar-refractivity contribution in [3.8, 4) is 0 Å². The first-order valence-electron chi connectivity index (χ1n) is 4.64. The second kappa shape index (κ2) is 3.58. The van der Waals surface area contributed by atoms with E-state index in [2.05, 4.69) is 0 Å². The third kappa shape index (κ3) is 1.97. The molecule has 0 spiro atoms. The average molecular weight is 184 g/mol. The minimum Gasteiger partial charge on any atom is -0.389 e. The highest BCUT2D eigenvalue weighted by molar-refractivity contribution is 5.88. The molecule has 1 saturated carbocycles. The van der Waals surface area contributed by atoms with Crippen molar-refractivity contribution in [2.45, 2.75) is 33.1 Å². The zero-order valence-corrected chi connectivity index (χ0v) is 8.17. The van der Waals surface area contributed by atoms with E-state index in [9.17, 15) is 9.59 Å². The van der Waals surface area contributed by atoms with Gasteiger partial charge in [-0.1, -0.05) is 13.8 Å². The first-order valence-corrected chi connectivity index (χ1v) is 4.64. The van der Waals surface area contributed by atoms with Gasteiger partial charge in [-0.25, -0.2) is 0 Å². The molecule has 1 rings (SSSR count). The fourth-order valence-corrected chi connectivity index (χ4v) is 1.86. The van der Waals surface area contributed by atoms with Crippen molar-refractivity contribution in [2.75, 3.05) is 6.61 Å². The summed E-state index contributed by atoms with van der Waals surface area (Å²) in [5.74, 6) is 0.204. The van der Waals surface area contributed by atoms with Gasteiger partial charge in [-0.3, -0.25) is 9.59 Å². The molecule has 13 heavy (non-hydrogen) atoms. The molecule has 1 N–H and O–H groups in total. The molecule has 0 aromatic rings. The topological polar surface area (TPSA) is 54.4 Å². The van der Waals surface area contributed by atoms with Crippen LogP contribution < -0.4 is 0 Å². The molecule has 3 heteroatoms. The van der Waals surface area contributed by atoms with Crippen LogP contribution in [0.1, 0.15) is 33.1 Å². The van der Waals surface area contributed by atoms with E-state index in [1.54, 1.807) is 0 Å². The fourth-order valence-electron chi connectivity index (χ4n) is 1.86. The van der Waals surface area contributed by atoms with Crippen LogP contribution in [0.25, 0.3) is 0 Å². The number of aliphatic hydroxyl groups excluding tert-OH is 1. The van der Waals surface area contributed by atoms with E-state index in [0.29, 0.717) is 12.8 Å². The van der Waals surface area contributed by atoms with E-state index in [0.717, 1.165) is 6.42 Å². The van der Waals surface area contributed by atoms with Crippen molar-refractivity contribution in [3.05, 3.63) is 0 Å². The Morgan fingerprint density at radius 1 is 1.62 bits per heavy atom. The number of Topliss-reactive ketones (excluding diaryl/α,β-unsaturated/α-hetero) is 2. The normalized spacial score (nSPS) is 23.6. The summed E-state index contributed by atoms with van der Waals surface area (Å²) in [6.07, 6.45) is 1.88. The molecule has 0 aromatic heterocycles. The molecule has 3 nitrogen and oxygen atoms in total. The summed E-state index contributed by atoms with van der Waals surface area (Å²) in [7, 11) is 0. The zero-order valence-electron chi connectivity index (χ0n) is 8.17. The Morgan fingerprint density at radius 3 is 2.62 bits per heavy atom. The molecular formula is C10H16O3. The summed E-state index contributed by atoms with van der Waals surface area (Å²) in [5, 5.41) is 8.76. The molecule has 1 atom stereocenters. The van der Waals surface area contributed by atoms with Crippen molar-refractivity contribution >= 4 is 11.6 Å². The second-order valence-corrected chi connectivity index (χ2v) is 4.28. The van der Waals surface area contributed by atoms with Crippen LogP contribution in [0.15, 0.2) is 0 Å². The molecular weight excluding hydrogens is 168 g/mol. The molecule has 74 valence electrons. The van der Waals surface area contributed by atoms with E-state index < -0.39 is 12.0 Å². The van der Waals surface area contributed by atoms with Crippen LogP contribution in [0.4, 0.5) is 0 Å². The van der Waals surface area contributed by atoms with E-state index in [-0.39, 0.29) is 17.5 Å². The van der Waals surface area contributed by atoms with Crippen LogP contribution in [-0.2, 0) is 9.59 Å². The van der Waals surface area contributed by atoms with E-state index in [1.807, 2.05) is 13.8 Å². The van der Waals surface area contributed by atoms with Crippen molar-refractivity contribution in [1.29, 1.82) is 0 Å². The lowest BCUT2D eigenvalue weighted by Crippen LogP contribution is -2.34. The van der Waals surface area contributed by atoms with Gasteiger partial charge in [0.25, 0.3) is 0 Å². The van der Waals surface area contributed by atoms with Crippen LogP contribution in [-0.4, -0.2) is 23.3 Å². The van der Waals surface area contributed by atoms with E-state index in [4.69, 9.17) is 5.11 Å². The lowest BCUT2D eigenvalue weighted by Gasteiger charge is -2.28. The Labute approximate surface area is 78.1 Å². The van der Waals surface area contributed by atoms with Gasteiger partial charge < -0.3 is 5.11 Å². The van der Waals surface area contributed by atoms with Crippen LogP contribution >= 0.6 is 0 Å². The van der Waals surface area contributed by atoms with Gasteiger partial charge in [0.05, 0.1) is 0 Å². The number of carbonyl (C=O) groups excluding carboxylic acids is 2. The molecule has 0 radical (unpaired) electrons. The van der Waals surface area contributed by atoms with Gasteiger partial charge in [-0.05, 0) is 12.3 Å². The maximum atomic E-state index is 11.4. The molecule has 0 heterocycles. The monoisotopic (exact) mass is 184 g/mol. The Kier molecular flexibility index (Phi) is 2.86. The SMILES string of the molecule is CC(C)(C(=O)CO)[C@@H]1CCC(=O)C1. The van der Waals surface area contributed by atoms with Crippen LogP contribution in [0.2, 0.25) is 0 Å². The maximum absolute atomic E-state index is 11.4. The quantitative estimate of drug-likeness (QED) is 0.710. The molecule has 0 amide bonds. The molecule has 0 unspecified atom stereocenters. The lowest BCUT2D eigenvalue weighted by molar-refractivity contribution is -0.132. The Balaban J connectivity index is 2.69. The molecule has 0 aromatic carbocycles. The van der Waals surface area contributed by atoms with Crippen LogP contribution in [0, 0.1) is 11.3 Å². The highest BCUT2D eigenvalue weighted by Crippen LogP contribution is 2.38. The molecule has 1 fully saturated rings. The van der Waals surface area contributed by atoms with Crippen molar-refractivity contribution in [2.24, 2.45) is 11.3 Å². The number of aliphatic hydroxyl groups is 1. The standard InChI is InChI=1S/C10H16O3/c1-10(2,9(13)6-11)7-3-4-8(12)5-7/h7,11H,3-6H2,1-2H3/t7-/m1/s1. The van der Waals surface area contributed by atoms with Gasteiger partial charge in [-0.15, -0.1) is 0 Å². The third-order valence-corrected chi connectivity index (χ3v) is 3.13. The summed E-state index contributed by atoms with van der Waals surface area (Å²) < 4.78 is 0. The predicted octanol–water partition coefficient (Wildman–Crippen LogP) is 0.943. The third-order valence-electron chi connectivity index (χ3n) is 3.13. The molecule has 1 aliphatic carbocycles. The Bertz CT molecular complexity index is 230. The summed E-state index contributed by atoms with van der Waals surface area (Å²) in [4.78, 5) is 22.4. The van der Waals surface area contributed by atoms with Gasteiger partial charge in [0, 0.05) is 18.3 Å². The van der Waals surface area contributed by atoms with Gasteiger partial charge in [0.1, 0.15) is 12.4 Å². The van der Waals surface area contributed by atoms with Gasteiger partial charge in [-0.2, -0.15) is 0 Å². The summed E-state index contributed by atoms with van der Waals surface area (Å²) >= 11 is 0. The largest absolute Gasteiger partial charge is 0.389 e. The van der Waals surface area contributed by atoms with E-state index in [1.165, 1.54) is 0 Å². The molecule has 0 bridgehead atoms. The van der Waals surface area contributed by atoms with Gasteiger partial charge in [0.2, 0.25) is 0 Å². The Hall–Kier alpha value is -0.700. The highest BCUT2D eigenvalue weighted by atomic mass is 16.3. The number of hydrogen-bond donors (Lipinski definition) is 1. The lowest BCUT2D eigenvalue weighted by atomic mass is 9.74.